The lowest BCUT2D eigenvalue weighted by Crippen LogP contribution is -2.24. The van der Waals surface area contributed by atoms with Crippen LogP contribution >= 0.6 is 0 Å². The Morgan fingerprint density at radius 1 is 1.05 bits per heavy atom. The number of nitrogens with one attached hydrogen (secondary N) is 1. The zero-order chi connectivity index (χ0) is 14.4. The normalized spacial score (nSPS) is 10.3. The molecule has 0 aromatic heterocycles. The van der Waals surface area contributed by atoms with E-state index in [4.69, 9.17) is 0 Å². The van der Waals surface area contributed by atoms with Gasteiger partial charge in [0.05, 0.1) is 0 Å². The lowest BCUT2D eigenvalue weighted by atomic mass is 9.94. The van der Waals surface area contributed by atoms with Crippen molar-refractivity contribution >= 4 is 11.7 Å². The van der Waals surface area contributed by atoms with Crippen molar-refractivity contribution in [2.24, 2.45) is 0 Å². The van der Waals surface area contributed by atoms with E-state index in [1.807, 2.05) is 39.8 Å². The highest BCUT2D eigenvalue weighted by Gasteiger charge is 2.14. The number of Topliss-reactive ketones (excluding diaryl/α,β-unsaturated/α-hetero) is 1. The number of hydrogen-bond acceptors (Lipinski definition) is 2. The van der Waals surface area contributed by atoms with Crippen molar-refractivity contribution in [2.75, 3.05) is 6.54 Å². The lowest BCUT2D eigenvalue weighted by molar-refractivity contribution is -0.121. The van der Waals surface area contributed by atoms with Gasteiger partial charge in [-0.05, 0) is 38.3 Å². The number of rotatable bonds is 6. The third kappa shape index (κ3) is 4.51. The van der Waals surface area contributed by atoms with Gasteiger partial charge in [0, 0.05) is 24.9 Å². The quantitative estimate of drug-likeness (QED) is 0.800. The van der Waals surface area contributed by atoms with Gasteiger partial charge in [-0.15, -0.1) is 0 Å². The van der Waals surface area contributed by atoms with Gasteiger partial charge in [0.1, 0.15) is 0 Å². The highest BCUT2D eigenvalue weighted by molar-refractivity contribution is 6.00. The Morgan fingerprint density at radius 3 is 2.16 bits per heavy atom. The van der Waals surface area contributed by atoms with Gasteiger partial charge in [-0.3, -0.25) is 9.59 Å². The molecule has 0 aliphatic carbocycles. The second-order valence-electron chi connectivity index (χ2n) is 5.05. The molecule has 0 bridgehead atoms. The van der Waals surface area contributed by atoms with Crippen LogP contribution in [0.1, 0.15) is 53.2 Å². The SMILES string of the molecule is CCCNC(=O)CCC(=O)c1c(C)cc(C)cc1C. The number of carbonyl (C=O) groups excluding carboxylic acids is 2. The van der Waals surface area contributed by atoms with Crippen molar-refractivity contribution in [3.8, 4) is 0 Å². The average Bonchev–Trinajstić information content (AvgIpc) is 2.32. The Hall–Kier alpha value is -1.64. The van der Waals surface area contributed by atoms with E-state index in [1.165, 1.54) is 0 Å². The highest BCUT2D eigenvalue weighted by Crippen LogP contribution is 2.18. The maximum Gasteiger partial charge on any atom is 0.220 e. The van der Waals surface area contributed by atoms with Gasteiger partial charge in [-0.2, -0.15) is 0 Å². The summed E-state index contributed by atoms with van der Waals surface area (Å²) in [6, 6.07) is 4.02. The van der Waals surface area contributed by atoms with E-state index < -0.39 is 0 Å². The summed E-state index contributed by atoms with van der Waals surface area (Å²) in [5.41, 5.74) is 3.93. The van der Waals surface area contributed by atoms with Gasteiger partial charge in [0.25, 0.3) is 0 Å². The minimum Gasteiger partial charge on any atom is -0.356 e. The predicted molar refractivity (Wildman–Crippen MR) is 77.5 cm³/mol. The van der Waals surface area contributed by atoms with Gasteiger partial charge in [0.2, 0.25) is 5.91 Å². The van der Waals surface area contributed by atoms with E-state index in [0.717, 1.165) is 28.7 Å². The summed E-state index contributed by atoms with van der Waals surface area (Å²) in [5, 5.41) is 2.79. The highest BCUT2D eigenvalue weighted by atomic mass is 16.2. The molecule has 0 spiro atoms. The van der Waals surface area contributed by atoms with Crippen LogP contribution < -0.4 is 5.32 Å². The van der Waals surface area contributed by atoms with Crippen LogP contribution in [0.3, 0.4) is 0 Å². The number of aryl methyl sites for hydroxylation is 3. The lowest BCUT2D eigenvalue weighted by Gasteiger charge is -2.10. The monoisotopic (exact) mass is 261 g/mol. The maximum absolute atomic E-state index is 12.2. The maximum atomic E-state index is 12.2. The molecule has 0 saturated heterocycles. The smallest absolute Gasteiger partial charge is 0.220 e. The molecule has 1 N–H and O–H groups in total. The van der Waals surface area contributed by atoms with E-state index >= 15 is 0 Å². The average molecular weight is 261 g/mol. The van der Waals surface area contributed by atoms with E-state index in [1.54, 1.807) is 0 Å². The van der Waals surface area contributed by atoms with Crippen molar-refractivity contribution in [2.45, 2.75) is 47.0 Å². The molecule has 0 atom stereocenters. The number of amides is 1. The number of carbonyl (C=O) groups is 2. The van der Waals surface area contributed by atoms with Gasteiger partial charge in [-0.1, -0.05) is 24.6 Å². The summed E-state index contributed by atoms with van der Waals surface area (Å²) in [6.07, 6.45) is 1.46. The van der Waals surface area contributed by atoms with Crippen LogP contribution in [-0.4, -0.2) is 18.2 Å². The summed E-state index contributed by atoms with van der Waals surface area (Å²) in [5.74, 6) is 0.0132. The third-order valence-electron chi connectivity index (χ3n) is 3.11. The van der Waals surface area contributed by atoms with Gasteiger partial charge in [-0.25, -0.2) is 0 Å². The first-order chi connectivity index (χ1) is 8.95. The molecule has 0 radical (unpaired) electrons. The van der Waals surface area contributed by atoms with Crippen LogP contribution in [0, 0.1) is 20.8 Å². The second kappa shape index (κ2) is 7.07. The van der Waals surface area contributed by atoms with Crippen LogP contribution in [0.25, 0.3) is 0 Å². The van der Waals surface area contributed by atoms with E-state index in [0.29, 0.717) is 6.54 Å². The van der Waals surface area contributed by atoms with Crippen LogP contribution in [0.5, 0.6) is 0 Å². The molecule has 104 valence electrons. The fraction of sp³-hybridized carbons (Fsp3) is 0.500. The van der Waals surface area contributed by atoms with E-state index in [9.17, 15) is 9.59 Å². The third-order valence-corrected chi connectivity index (χ3v) is 3.11. The first kappa shape index (κ1) is 15.4. The molecule has 1 aromatic rings. The summed E-state index contributed by atoms with van der Waals surface area (Å²) < 4.78 is 0. The fourth-order valence-corrected chi connectivity index (χ4v) is 2.32. The Bertz CT molecular complexity index is 455. The molecule has 1 aromatic carbocycles. The standard InChI is InChI=1S/C16H23NO2/c1-5-8-17-15(19)7-6-14(18)16-12(3)9-11(2)10-13(16)4/h9-10H,5-8H2,1-4H3,(H,17,19). The molecule has 3 heteroatoms. The molecule has 0 aliphatic rings. The Balaban J connectivity index is 2.67. The zero-order valence-corrected chi connectivity index (χ0v) is 12.3. The minimum absolute atomic E-state index is 0.0439. The van der Waals surface area contributed by atoms with Crippen molar-refractivity contribution < 1.29 is 9.59 Å². The van der Waals surface area contributed by atoms with Crippen molar-refractivity contribution in [3.63, 3.8) is 0 Å². The Labute approximate surface area is 115 Å². The van der Waals surface area contributed by atoms with E-state index in [-0.39, 0.29) is 24.5 Å². The topological polar surface area (TPSA) is 46.2 Å². The van der Waals surface area contributed by atoms with Crippen molar-refractivity contribution in [3.05, 3.63) is 34.4 Å². The molecule has 0 heterocycles. The van der Waals surface area contributed by atoms with Crippen LogP contribution in [0.4, 0.5) is 0 Å². The number of benzene rings is 1. The first-order valence-corrected chi connectivity index (χ1v) is 6.83. The largest absolute Gasteiger partial charge is 0.356 e. The Morgan fingerprint density at radius 2 is 1.63 bits per heavy atom. The number of ketones is 1. The summed E-state index contributed by atoms with van der Waals surface area (Å²) in [7, 11) is 0. The van der Waals surface area contributed by atoms with Crippen LogP contribution in [0.2, 0.25) is 0 Å². The summed E-state index contributed by atoms with van der Waals surface area (Å²) >= 11 is 0. The molecule has 1 rings (SSSR count). The van der Waals surface area contributed by atoms with E-state index in [2.05, 4.69) is 5.32 Å². The first-order valence-electron chi connectivity index (χ1n) is 6.83. The molecule has 0 aliphatic heterocycles. The summed E-state index contributed by atoms with van der Waals surface area (Å²) in [6.45, 7) is 8.60. The van der Waals surface area contributed by atoms with Gasteiger partial charge >= 0.3 is 0 Å². The fourth-order valence-electron chi connectivity index (χ4n) is 2.32. The summed E-state index contributed by atoms with van der Waals surface area (Å²) in [4.78, 5) is 23.7. The van der Waals surface area contributed by atoms with Crippen molar-refractivity contribution in [1.82, 2.24) is 5.32 Å². The molecule has 0 fully saturated rings. The zero-order valence-electron chi connectivity index (χ0n) is 12.3. The molecule has 0 unspecified atom stereocenters. The molecule has 3 nitrogen and oxygen atoms in total. The van der Waals surface area contributed by atoms with Gasteiger partial charge < -0.3 is 5.32 Å². The van der Waals surface area contributed by atoms with Crippen molar-refractivity contribution in [1.29, 1.82) is 0 Å². The van der Waals surface area contributed by atoms with Gasteiger partial charge in [0.15, 0.2) is 5.78 Å². The number of hydrogen-bond donors (Lipinski definition) is 1. The molecular weight excluding hydrogens is 238 g/mol. The molecular formula is C16H23NO2. The predicted octanol–water partition coefficient (Wildman–Crippen LogP) is 3.10. The Kier molecular flexibility index (Phi) is 5.74. The van der Waals surface area contributed by atoms with Crippen LogP contribution in [-0.2, 0) is 4.79 Å². The molecule has 0 saturated carbocycles. The molecule has 19 heavy (non-hydrogen) atoms. The molecule has 1 amide bonds. The van der Waals surface area contributed by atoms with Crippen LogP contribution in [0.15, 0.2) is 12.1 Å². The second-order valence-corrected chi connectivity index (χ2v) is 5.05. The minimum atomic E-state index is -0.0439.